The number of allylic oxidation sites excluding steroid dienone is 1. The van der Waals surface area contributed by atoms with Crippen molar-refractivity contribution in [1.82, 2.24) is 0 Å². The normalized spacial score (nSPS) is 9.33. The van der Waals surface area contributed by atoms with Crippen molar-refractivity contribution in [1.29, 1.82) is 0 Å². The van der Waals surface area contributed by atoms with E-state index >= 15 is 0 Å². The van der Waals surface area contributed by atoms with E-state index in [4.69, 9.17) is 0 Å². The predicted molar refractivity (Wildman–Crippen MR) is 51.8 cm³/mol. The Bertz CT molecular complexity index is 266. The third kappa shape index (κ3) is 3.04. The Morgan fingerprint density at radius 3 is 2.67 bits per heavy atom. The Morgan fingerprint density at radius 1 is 1.42 bits per heavy atom. The average Bonchev–Trinajstić information content (AvgIpc) is 2.16. The first-order chi connectivity index (χ1) is 5.83. The van der Waals surface area contributed by atoms with E-state index in [1.807, 2.05) is 18.2 Å². The first-order valence-electron chi connectivity index (χ1n) is 3.66. The standard InChI is InChI=1S/C10H10OSe/c1-2-9(11)8-12-10-6-4-3-5-7-10/h2-7H,1,8H2. The molecule has 0 saturated heterocycles. The van der Waals surface area contributed by atoms with Gasteiger partial charge in [0.15, 0.2) is 0 Å². The van der Waals surface area contributed by atoms with Crippen LogP contribution >= 0.6 is 0 Å². The van der Waals surface area contributed by atoms with Gasteiger partial charge in [0, 0.05) is 0 Å². The second kappa shape index (κ2) is 4.91. The molecule has 0 aliphatic rings. The van der Waals surface area contributed by atoms with Crippen LogP contribution < -0.4 is 4.46 Å². The van der Waals surface area contributed by atoms with Gasteiger partial charge in [-0.05, 0) is 0 Å². The predicted octanol–water partition coefficient (Wildman–Crippen LogP) is 1.19. The summed E-state index contributed by atoms with van der Waals surface area (Å²) >= 11 is 0.270. The van der Waals surface area contributed by atoms with Crippen LogP contribution in [0.3, 0.4) is 0 Å². The van der Waals surface area contributed by atoms with Gasteiger partial charge in [0.05, 0.1) is 0 Å². The Hall–Kier alpha value is -0.851. The van der Waals surface area contributed by atoms with Crippen LogP contribution in [0.2, 0.25) is 5.32 Å². The van der Waals surface area contributed by atoms with Crippen LogP contribution in [0, 0.1) is 0 Å². The van der Waals surface area contributed by atoms with Gasteiger partial charge in [-0.25, -0.2) is 0 Å². The van der Waals surface area contributed by atoms with Crippen LogP contribution in [0.15, 0.2) is 43.0 Å². The molecule has 0 aliphatic heterocycles. The monoisotopic (exact) mass is 226 g/mol. The maximum atomic E-state index is 10.9. The fourth-order valence-electron chi connectivity index (χ4n) is 0.730. The summed E-state index contributed by atoms with van der Waals surface area (Å²) in [6.07, 6.45) is 1.39. The summed E-state index contributed by atoms with van der Waals surface area (Å²) in [4.78, 5) is 10.9. The minimum absolute atomic E-state index is 0.138. The minimum atomic E-state index is 0.138. The van der Waals surface area contributed by atoms with E-state index in [1.165, 1.54) is 10.5 Å². The van der Waals surface area contributed by atoms with Crippen LogP contribution in [0.25, 0.3) is 0 Å². The molecule has 1 aromatic rings. The van der Waals surface area contributed by atoms with E-state index in [0.29, 0.717) is 5.32 Å². The summed E-state index contributed by atoms with van der Waals surface area (Å²) in [5, 5.41) is 0.626. The molecule has 0 saturated carbocycles. The molecule has 2 heteroatoms. The summed E-state index contributed by atoms with van der Waals surface area (Å²) in [6.45, 7) is 3.43. The number of hydrogen-bond donors (Lipinski definition) is 0. The number of rotatable bonds is 4. The van der Waals surface area contributed by atoms with Crippen LogP contribution in [-0.4, -0.2) is 20.7 Å². The average molecular weight is 225 g/mol. The van der Waals surface area contributed by atoms with Crippen molar-refractivity contribution in [2.24, 2.45) is 0 Å². The van der Waals surface area contributed by atoms with E-state index in [9.17, 15) is 4.79 Å². The first kappa shape index (κ1) is 9.24. The molecule has 0 aromatic heterocycles. The van der Waals surface area contributed by atoms with Crippen molar-refractivity contribution in [3.05, 3.63) is 43.0 Å². The first-order valence-corrected chi connectivity index (χ1v) is 5.73. The van der Waals surface area contributed by atoms with Crippen molar-refractivity contribution in [3.8, 4) is 0 Å². The van der Waals surface area contributed by atoms with Gasteiger partial charge in [0.2, 0.25) is 0 Å². The molecule has 0 amide bonds. The Morgan fingerprint density at radius 2 is 2.08 bits per heavy atom. The topological polar surface area (TPSA) is 17.1 Å². The SMILES string of the molecule is C=CC(=O)C[Se]c1ccccc1. The van der Waals surface area contributed by atoms with Gasteiger partial charge in [-0.2, -0.15) is 0 Å². The summed E-state index contributed by atoms with van der Waals surface area (Å²) < 4.78 is 1.26. The molecule has 0 bridgehead atoms. The third-order valence-electron chi connectivity index (χ3n) is 1.35. The second-order valence-corrected chi connectivity index (χ2v) is 4.47. The molecule has 1 rings (SSSR count). The molecule has 0 radical (unpaired) electrons. The van der Waals surface area contributed by atoms with Crippen molar-refractivity contribution >= 4 is 25.2 Å². The van der Waals surface area contributed by atoms with Crippen molar-refractivity contribution < 1.29 is 4.79 Å². The van der Waals surface area contributed by atoms with Crippen molar-refractivity contribution in [3.63, 3.8) is 0 Å². The molecule has 0 atom stereocenters. The van der Waals surface area contributed by atoms with Gasteiger partial charge in [-0.3, -0.25) is 0 Å². The zero-order valence-electron chi connectivity index (χ0n) is 6.69. The number of hydrogen-bond acceptors (Lipinski definition) is 1. The molecule has 0 heterocycles. The molecule has 0 unspecified atom stereocenters. The van der Waals surface area contributed by atoms with Gasteiger partial charge in [-0.15, -0.1) is 0 Å². The summed E-state index contributed by atoms with van der Waals surface area (Å²) in [7, 11) is 0. The molecular formula is C10H10OSe. The van der Waals surface area contributed by atoms with Crippen LogP contribution in [0.4, 0.5) is 0 Å². The van der Waals surface area contributed by atoms with Gasteiger partial charge >= 0.3 is 78.3 Å². The fraction of sp³-hybridized carbons (Fsp3) is 0.100. The Labute approximate surface area is 78.6 Å². The fourth-order valence-corrected chi connectivity index (χ4v) is 2.36. The Balaban J connectivity index is 2.43. The van der Waals surface area contributed by atoms with Gasteiger partial charge < -0.3 is 0 Å². The summed E-state index contributed by atoms with van der Waals surface area (Å²) in [5.41, 5.74) is 0. The molecular weight excluding hydrogens is 215 g/mol. The van der Waals surface area contributed by atoms with Gasteiger partial charge in [0.25, 0.3) is 0 Å². The third-order valence-corrected chi connectivity index (χ3v) is 3.52. The van der Waals surface area contributed by atoms with Crippen molar-refractivity contribution in [2.75, 3.05) is 0 Å². The molecule has 1 nitrogen and oxygen atoms in total. The molecule has 0 spiro atoms. The van der Waals surface area contributed by atoms with Crippen molar-refractivity contribution in [2.45, 2.75) is 5.32 Å². The summed E-state index contributed by atoms with van der Waals surface area (Å²) in [5.74, 6) is 0.138. The van der Waals surface area contributed by atoms with Crippen LogP contribution in [-0.2, 0) is 4.79 Å². The molecule has 0 fully saturated rings. The quantitative estimate of drug-likeness (QED) is 0.555. The van der Waals surface area contributed by atoms with Crippen LogP contribution in [0.1, 0.15) is 0 Å². The maximum absolute atomic E-state index is 10.9. The Kier molecular flexibility index (Phi) is 3.78. The number of benzene rings is 1. The molecule has 12 heavy (non-hydrogen) atoms. The number of ketones is 1. The zero-order valence-corrected chi connectivity index (χ0v) is 8.41. The second-order valence-electron chi connectivity index (χ2n) is 2.27. The number of carbonyl (C=O) groups is 1. The molecule has 0 aliphatic carbocycles. The zero-order chi connectivity index (χ0) is 8.81. The van der Waals surface area contributed by atoms with E-state index in [1.54, 1.807) is 0 Å². The molecule has 1 aromatic carbocycles. The van der Waals surface area contributed by atoms with Crippen LogP contribution in [0.5, 0.6) is 0 Å². The molecule has 0 N–H and O–H groups in total. The molecule has 62 valence electrons. The number of carbonyl (C=O) groups excluding carboxylic acids is 1. The van der Waals surface area contributed by atoms with E-state index in [-0.39, 0.29) is 20.7 Å². The summed E-state index contributed by atoms with van der Waals surface area (Å²) in [6, 6.07) is 10.1. The van der Waals surface area contributed by atoms with E-state index in [2.05, 4.69) is 18.7 Å². The van der Waals surface area contributed by atoms with Gasteiger partial charge in [0.1, 0.15) is 0 Å². The van der Waals surface area contributed by atoms with E-state index < -0.39 is 0 Å². The van der Waals surface area contributed by atoms with Gasteiger partial charge in [-0.1, -0.05) is 0 Å². The van der Waals surface area contributed by atoms with E-state index in [0.717, 1.165) is 0 Å².